The van der Waals surface area contributed by atoms with E-state index in [1.165, 1.54) is 0 Å². The van der Waals surface area contributed by atoms with E-state index in [9.17, 15) is 0 Å². The van der Waals surface area contributed by atoms with Gasteiger partial charge in [0.05, 0.1) is 0 Å². The molecular weight excluding hydrogens is 181 g/mol. The van der Waals surface area contributed by atoms with Crippen LogP contribution in [-0.2, 0) is 9.30 Å². The van der Waals surface area contributed by atoms with Gasteiger partial charge in [0.15, 0.2) is 5.75 Å². The summed E-state index contributed by atoms with van der Waals surface area (Å²) >= 11 is 0. The molecule has 1 aromatic rings. The van der Waals surface area contributed by atoms with Crippen LogP contribution < -0.4 is 10.8 Å². The van der Waals surface area contributed by atoms with Crippen LogP contribution in [0.25, 0.3) is 0 Å². The first-order chi connectivity index (χ1) is 5.83. The molecule has 1 aromatic carbocycles. The first-order valence-corrected chi connectivity index (χ1v) is 4.21. The lowest BCUT2D eigenvalue weighted by atomic mass is 10.3. The molecule has 0 aliphatic rings. The quantitative estimate of drug-likeness (QED) is 0.421. The second kappa shape index (κ2) is 5.03. The van der Waals surface area contributed by atoms with E-state index in [1.54, 1.807) is 24.3 Å². The number of nitrogens with two attached hydrogens (primary N) is 1. The zero-order valence-corrected chi connectivity index (χ0v) is 6.98. The highest BCUT2D eigenvalue weighted by molar-refractivity contribution is 7.40. The molecule has 0 bridgehead atoms. The summed E-state index contributed by atoms with van der Waals surface area (Å²) in [4.78, 5) is 13.3. The van der Waals surface area contributed by atoms with Crippen LogP contribution in [0.4, 0.5) is 0 Å². The largest absolute Gasteiger partial charge is 0.390 e. The molecule has 66 valence electrons. The van der Waals surface area contributed by atoms with Crippen molar-refractivity contribution in [3.8, 4) is 5.75 Å². The van der Waals surface area contributed by atoms with Crippen LogP contribution in [0.5, 0.6) is 5.75 Å². The van der Waals surface area contributed by atoms with Crippen molar-refractivity contribution in [2.45, 2.75) is 0 Å². The van der Waals surface area contributed by atoms with Crippen LogP contribution in [0.15, 0.2) is 30.3 Å². The molecule has 12 heavy (non-hydrogen) atoms. The molecule has 0 aliphatic heterocycles. The van der Waals surface area contributed by atoms with Gasteiger partial charge in [-0.1, -0.05) is 18.2 Å². The molecule has 5 nitrogen and oxygen atoms in total. The van der Waals surface area contributed by atoms with Crippen LogP contribution in [0.2, 0.25) is 0 Å². The number of hydrogen-bond donors (Lipinski definition) is 2. The van der Waals surface area contributed by atoms with Gasteiger partial charge in [-0.2, -0.15) is 0 Å². The summed E-state index contributed by atoms with van der Waals surface area (Å²) in [5.74, 6) is 5.08. The molecule has 0 heterocycles. The van der Waals surface area contributed by atoms with E-state index in [0.29, 0.717) is 5.75 Å². The first-order valence-electron chi connectivity index (χ1n) is 3.08. The maximum atomic E-state index is 8.69. The summed E-state index contributed by atoms with van der Waals surface area (Å²) in [5.41, 5.74) is 0. The lowest BCUT2D eigenvalue weighted by Crippen LogP contribution is -1.98. The Morgan fingerprint density at radius 3 is 2.50 bits per heavy atom. The minimum Gasteiger partial charge on any atom is -0.329 e. The predicted molar refractivity (Wildman–Crippen MR) is 42.6 cm³/mol. The zero-order chi connectivity index (χ0) is 8.81. The van der Waals surface area contributed by atoms with Gasteiger partial charge in [0.25, 0.3) is 0 Å². The molecule has 1 atom stereocenters. The summed E-state index contributed by atoms with van der Waals surface area (Å²) < 4.78 is 8.30. The molecule has 6 heteroatoms. The third kappa shape index (κ3) is 3.13. The number of benzene rings is 1. The fourth-order valence-corrected chi connectivity index (χ4v) is 0.753. The fourth-order valence-electron chi connectivity index (χ4n) is 0.569. The minimum absolute atomic E-state index is 0.469. The van der Waals surface area contributed by atoms with Gasteiger partial charge in [-0.15, -0.1) is 4.67 Å². The molecule has 0 fully saturated rings. The average molecular weight is 189 g/mol. The van der Waals surface area contributed by atoms with E-state index >= 15 is 0 Å². The topological polar surface area (TPSA) is 73.9 Å². The van der Waals surface area contributed by atoms with E-state index in [2.05, 4.69) is 20.1 Å². The fraction of sp³-hybridized carbons (Fsp3) is 0. The maximum Gasteiger partial charge on any atom is 0.390 e. The molecule has 0 amide bonds. The lowest BCUT2D eigenvalue weighted by molar-refractivity contribution is -0.113. The molecule has 0 spiro atoms. The first kappa shape index (κ1) is 9.38. The lowest BCUT2D eigenvalue weighted by Gasteiger charge is -2.05. The van der Waals surface area contributed by atoms with Crippen LogP contribution >= 0.6 is 8.60 Å². The van der Waals surface area contributed by atoms with Crippen LogP contribution in [-0.4, -0.2) is 4.89 Å². The van der Waals surface area contributed by atoms with Crippen molar-refractivity contribution in [2.75, 3.05) is 0 Å². The second-order valence-electron chi connectivity index (χ2n) is 1.81. The van der Waals surface area contributed by atoms with Crippen molar-refractivity contribution in [2.24, 2.45) is 5.90 Å². The Morgan fingerprint density at radius 1 is 1.25 bits per heavy atom. The van der Waals surface area contributed by atoms with Gasteiger partial charge in [0, 0.05) is 0 Å². The van der Waals surface area contributed by atoms with Crippen molar-refractivity contribution in [3.05, 3.63) is 30.3 Å². The normalized spacial score (nSPS) is 12.5. The summed E-state index contributed by atoms with van der Waals surface area (Å²) in [7, 11) is -2.15. The van der Waals surface area contributed by atoms with E-state index < -0.39 is 8.60 Å². The molecule has 0 radical (unpaired) electrons. The summed E-state index contributed by atoms with van der Waals surface area (Å²) in [6, 6.07) is 8.69. The minimum atomic E-state index is -2.15. The van der Waals surface area contributed by atoms with Crippen LogP contribution in [0.3, 0.4) is 0 Å². The van der Waals surface area contributed by atoms with Gasteiger partial charge in [0.1, 0.15) is 0 Å². The summed E-state index contributed by atoms with van der Waals surface area (Å²) in [5, 5.41) is 0. The van der Waals surface area contributed by atoms with E-state index in [-0.39, 0.29) is 0 Å². The highest BCUT2D eigenvalue weighted by Gasteiger charge is 2.05. The SMILES string of the molecule is NOP(O)OOc1ccccc1. The van der Waals surface area contributed by atoms with Crippen molar-refractivity contribution >= 4 is 8.60 Å². The van der Waals surface area contributed by atoms with Gasteiger partial charge in [-0.05, 0) is 12.1 Å². The monoisotopic (exact) mass is 189 g/mol. The Labute approximate surface area is 70.5 Å². The van der Waals surface area contributed by atoms with Crippen LogP contribution in [0, 0.1) is 0 Å². The number of rotatable bonds is 4. The molecule has 0 saturated carbocycles. The van der Waals surface area contributed by atoms with Crippen molar-refractivity contribution in [1.82, 2.24) is 0 Å². The van der Waals surface area contributed by atoms with E-state index in [0.717, 1.165) is 0 Å². The van der Waals surface area contributed by atoms with Gasteiger partial charge in [0.2, 0.25) is 0 Å². The predicted octanol–water partition coefficient (Wildman–Crippen LogP) is 1.11. The van der Waals surface area contributed by atoms with Crippen molar-refractivity contribution in [1.29, 1.82) is 0 Å². The standard InChI is InChI=1S/C6H8NO4P/c7-10-12(8)11-9-6-4-2-1-3-5-6/h1-5,8H,7H2. The smallest absolute Gasteiger partial charge is 0.329 e. The molecule has 1 unspecified atom stereocenters. The Bertz CT molecular complexity index is 220. The van der Waals surface area contributed by atoms with Gasteiger partial charge < -0.3 is 9.78 Å². The number of para-hydroxylation sites is 1. The Kier molecular flexibility index (Phi) is 3.93. The zero-order valence-electron chi connectivity index (χ0n) is 6.08. The molecule has 0 aliphatic carbocycles. The average Bonchev–Trinajstić information content (AvgIpc) is 2.16. The summed E-state index contributed by atoms with van der Waals surface area (Å²) in [6.07, 6.45) is 0. The van der Waals surface area contributed by atoms with Gasteiger partial charge >= 0.3 is 8.60 Å². The third-order valence-corrected chi connectivity index (χ3v) is 1.41. The molecule has 0 saturated heterocycles. The molecule has 1 rings (SSSR count). The maximum absolute atomic E-state index is 8.69. The van der Waals surface area contributed by atoms with Crippen molar-refractivity contribution < 1.29 is 19.1 Å². The number of hydrogen-bond acceptors (Lipinski definition) is 5. The Hall–Kier alpha value is -0.710. The summed E-state index contributed by atoms with van der Waals surface area (Å²) in [6.45, 7) is 0. The molecule has 0 aromatic heterocycles. The van der Waals surface area contributed by atoms with Gasteiger partial charge in [-0.25, -0.2) is 10.5 Å². The second-order valence-corrected chi connectivity index (χ2v) is 2.65. The highest BCUT2D eigenvalue weighted by atomic mass is 31.2. The third-order valence-electron chi connectivity index (χ3n) is 1.03. The van der Waals surface area contributed by atoms with Gasteiger partial charge in [-0.3, -0.25) is 0 Å². The van der Waals surface area contributed by atoms with Crippen LogP contribution in [0.1, 0.15) is 0 Å². The Morgan fingerprint density at radius 2 is 1.92 bits per heavy atom. The highest BCUT2D eigenvalue weighted by Crippen LogP contribution is 2.30. The molecule has 3 N–H and O–H groups in total. The van der Waals surface area contributed by atoms with Crippen molar-refractivity contribution in [3.63, 3.8) is 0 Å². The molecular formula is C6H8NO4P. The Balaban J connectivity index is 2.33. The van der Waals surface area contributed by atoms with E-state index in [1.807, 2.05) is 6.07 Å². The van der Waals surface area contributed by atoms with E-state index in [4.69, 9.17) is 4.89 Å².